The van der Waals surface area contributed by atoms with Crippen LogP contribution in [0.1, 0.15) is 35.2 Å². The zero-order valence-electron chi connectivity index (χ0n) is 18.9. The molecule has 2 aliphatic heterocycles. The molecular formula is C24H28N6O4. The summed E-state index contributed by atoms with van der Waals surface area (Å²) in [6.45, 7) is 2.99. The third-order valence-electron chi connectivity index (χ3n) is 6.21. The number of anilines is 1. The lowest BCUT2D eigenvalue weighted by Gasteiger charge is -2.38. The second kappa shape index (κ2) is 10.1. The minimum atomic E-state index is -0.343. The quantitative estimate of drug-likeness (QED) is 0.517. The number of piperidine rings is 1. The maximum atomic E-state index is 13.1. The van der Waals surface area contributed by atoms with Crippen LogP contribution in [0.15, 0.2) is 42.9 Å². The number of H-pyrrole nitrogens is 1. The summed E-state index contributed by atoms with van der Waals surface area (Å²) >= 11 is 0. The molecule has 0 saturated carbocycles. The molecule has 0 aliphatic carbocycles. The zero-order valence-corrected chi connectivity index (χ0v) is 18.9. The van der Waals surface area contributed by atoms with E-state index in [9.17, 15) is 9.59 Å². The summed E-state index contributed by atoms with van der Waals surface area (Å²) in [6, 6.07) is 9.97. The van der Waals surface area contributed by atoms with E-state index < -0.39 is 0 Å². The van der Waals surface area contributed by atoms with Crippen molar-refractivity contribution in [3.8, 4) is 0 Å². The fourth-order valence-corrected chi connectivity index (χ4v) is 4.27. The number of fused-ring (bicyclic) bond motifs is 1. The molecule has 0 bridgehead atoms. The van der Waals surface area contributed by atoms with E-state index in [-0.39, 0.29) is 24.8 Å². The van der Waals surface area contributed by atoms with Gasteiger partial charge in [0.15, 0.2) is 6.73 Å². The van der Waals surface area contributed by atoms with E-state index in [2.05, 4.69) is 20.3 Å². The van der Waals surface area contributed by atoms with Gasteiger partial charge in [0.1, 0.15) is 17.8 Å². The minimum absolute atomic E-state index is 0.0115. The standard InChI is InChI=1S/C24H28N6O4/c31-23(30-12-18(13-30)33-14-17-7-3-1-4-8-17)19-11-25-21-20(19)22(27-15-26-21)28-16-34-24(32)29-9-5-2-6-10-29/h1,3-4,7-8,11,15,18H,2,5-6,9-10,12-14,16H2,(H2,25,26,27,28). The number of carbonyl (C=O) groups excluding carboxylic acids is 2. The Kier molecular flexibility index (Phi) is 6.57. The molecule has 2 aromatic heterocycles. The van der Waals surface area contributed by atoms with Gasteiger partial charge in [0, 0.05) is 32.4 Å². The van der Waals surface area contributed by atoms with Crippen molar-refractivity contribution < 1.29 is 19.1 Å². The highest BCUT2D eigenvalue weighted by Crippen LogP contribution is 2.26. The van der Waals surface area contributed by atoms with Gasteiger partial charge in [0.25, 0.3) is 5.91 Å². The first-order chi connectivity index (χ1) is 16.7. The van der Waals surface area contributed by atoms with Crippen LogP contribution in [0.5, 0.6) is 0 Å². The third kappa shape index (κ3) is 4.81. The zero-order chi connectivity index (χ0) is 23.3. The van der Waals surface area contributed by atoms with Crippen LogP contribution in [0.2, 0.25) is 0 Å². The summed E-state index contributed by atoms with van der Waals surface area (Å²) < 4.78 is 11.3. The third-order valence-corrected chi connectivity index (χ3v) is 6.21. The molecule has 10 heteroatoms. The van der Waals surface area contributed by atoms with Gasteiger partial charge in [-0.25, -0.2) is 14.8 Å². The number of aromatic nitrogens is 3. The van der Waals surface area contributed by atoms with Gasteiger partial charge < -0.3 is 29.6 Å². The highest BCUT2D eigenvalue weighted by atomic mass is 16.6. The number of rotatable bonds is 7. The van der Waals surface area contributed by atoms with Crippen molar-refractivity contribution in [2.24, 2.45) is 0 Å². The fraction of sp³-hybridized carbons (Fsp3) is 0.417. The predicted molar refractivity (Wildman–Crippen MR) is 125 cm³/mol. The molecule has 1 aromatic carbocycles. The van der Waals surface area contributed by atoms with Crippen molar-refractivity contribution in [3.05, 3.63) is 54.0 Å². The van der Waals surface area contributed by atoms with Gasteiger partial charge in [-0.3, -0.25) is 4.79 Å². The fourth-order valence-electron chi connectivity index (χ4n) is 4.27. The van der Waals surface area contributed by atoms with E-state index in [1.807, 2.05) is 30.3 Å². The largest absolute Gasteiger partial charge is 0.428 e. The first kappa shape index (κ1) is 22.1. The molecule has 2 N–H and O–H groups in total. The average Bonchev–Trinajstić information content (AvgIpc) is 3.29. The number of hydrogen-bond acceptors (Lipinski definition) is 7. The summed E-state index contributed by atoms with van der Waals surface area (Å²) in [5.41, 5.74) is 2.13. The molecule has 0 atom stereocenters. The maximum absolute atomic E-state index is 13.1. The van der Waals surface area contributed by atoms with Crippen molar-refractivity contribution in [3.63, 3.8) is 0 Å². The van der Waals surface area contributed by atoms with Crippen LogP contribution < -0.4 is 5.32 Å². The van der Waals surface area contributed by atoms with Crippen molar-refractivity contribution >= 4 is 28.9 Å². The number of amides is 2. The van der Waals surface area contributed by atoms with Gasteiger partial charge in [-0.05, 0) is 24.8 Å². The van der Waals surface area contributed by atoms with Gasteiger partial charge in [-0.15, -0.1) is 0 Å². The molecule has 0 unspecified atom stereocenters. The van der Waals surface area contributed by atoms with Crippen molar-refractivity contribution in [2.75, 3.05) is 38.2 Å². The number of likely N-dealkylation sites (tertiary alicyclic amines) is 2. The average molecular weight is 465 g/mol. The summed E-state index contributed by atoms with van der Waals surface area (Å²) in [4.78, 5) is 40.4. The molecule has 5 rings (SSSR count). The summed E-state index contributed by atoms with van der Waals surface area (Å²) in [6.07, 6.45) is 5.85. The number of ether oxygens (including phenoxy) is 2. The van der Waals surface area contributed by atoms with E-state index in [0.717, 1.165) is 37.9 Å². The second-order valence-electron chi connectivity index (χ2n) is 8.56. The van der Waals surface area contributed by atoms with E-state index in [1.165, 1.54) is 6.33 Å². The molecule has 0 radical (unpaired) electrons. The molecule has 178 valence electrons. The molecule has 4 heterocycles. The molecule has 2 amide bonds. The molecule has 3 aromatic rings. The van der Waals surface area contributed by atoms with Crippen LogP contribution in [0.25, 0.3) is 11.0 Å². The molecule has 0 spiro atoms. The van der Waals surface area contributed by atoms with Crippen molar-refractivity contribution in [1.29, 1.82) is 0 Å². The van der Waals surface area contributed by atoms with Crippen molar-refractivity contribution in [1.82, 2.24) is 24.8 Å². The first-order valence-electron chi connectivity index (χ1n) is 11.6. The maximum Gasteiger partial charge on any atom is 0.411 e. The molecule has 10 nitrogen and oxygen atoms in total. The molecular weight excluding hydrogens is 436 g/mol. The Hall–Kier alpha value is -3.66. The summed E-state index contributed by atoms with van der Waals surface area (Å²) in [7, 11) is 0. The number of benzene rings is 1. The van der Waals surface area contributed by atoms with Gasteiger partial charge in [-0.2, -0.15) is 0 Å². The number of carbonyl (C=O) groups is 2. The van der Waals surface area contributed by atoms with Gasteiger partial charge in [0.2, 0.25) is 0 Å². The number of nitrogens with one attached hydrogen (secondary N) is 2. The number of hydrogen-bond donors (Lipinski definition) is 2. The van der Waals surface area contributed by atoms with E-state index in [1.54, 1.807) is 16.0 Å². The summed E-state index contributed by atoms with van der Waals surface area (Å²) in [5.74, 6) is 0.326. The molecule has 2 aliphatic rings. The lowest BCUT2D eigenvalue weighted by Crippen LogP contribution is -2.54. The lowest BCUT2D eigenvalue weighted by molar-refractivity contribution is -0.0502. The highest BCUT2D eigenvalue weighted by Gasteiger charge is 2.33. The Morgan fingerprint density at radius 1 is 1.06 bits per heavy atom. The summed E-state index contributed by atoms with van der Waals surface area (Å²) in [5, 5.41) is 3.60. The SMILES string of the molecule is O=C(OCNc1ncnc2[nH]cc(C(=O)N3CC(OCc4ccccc4)C3)c12)N1CCCCC1. The van der Waals surface area contributed by atoms with Crippen LogP contribution in [-0.4, -0.2) is 75.8 Å². The van der Waals surface area contributed by atoms with E-state index >= 15 is 0 Å². The van der Waals surface area contributed by atoms with Crippen LogP contribution in [0.4, 0.5) is 10.6 Å². The molecule has 34 heavy (non-hydrogen) atoms. The topological polar surface area (TPSA) is 113 Å². The predicted octanol–water partition coefficient (Wildman–Crippen LogP) is 2.99. The van der Waals surface area contributed by atoms with Crippen molar-refractivity contribution in [2.45, 2.75) is 32.0 Å². The Balaban J connectivity index is 1.18. The van der Waals surface area contributed by atoms with E-state index in [0.29, 0.717) is 42.1 Å². The smallest absolute Gasteiger partial charge is 0.411 e. The number of nitrogens with zero attached hydrogens (tertiary/aromatic N) is 4. The number of aromatic amines is 1. The Morgan fingerprint density at radius 3 is 2.65 bits per heavy atom. The second-order valence-corrected chi connectivity index (χ2v) is 8.56. The van der Waals surface area contributed by atoms with Crippen LogP contribution >= 0.6 is 0 Å². The van der Waals surface area contributed by atoms with Gasteiger partial charge in [0.05, 0.1) is 23.7 Å². The Morgan fingerprint density at radius 2 is 1.85 bits per heavy atom. The van der Waals surface area contributed by atoms with Crippen LogP contribution in [0, 0.1) is 0 Å². The molecule has 2 saturated heterocycles. The first-order valence-corrected chi connectivity index (χ1v) is 11.6. The monoisotopic (exact) mass is 464 g/mol. The lowest BCUT2D eigenvalue weighted by atomic mass is 10.1. The van der Waals surface area contributed by atoms with Gasteiger partial charge in [-0.1, -0.05) is 30.3 Å². The van der Waals surface area contributed by atoms with E-state index in [4.69, 9.17) is 9.47 Å². The van der Waals surface area contributed by atoms with Crippen LogP contribution in [-0.2, 0) is 16.1 Å². The Bertz CT molecular complexity index is 1140. The molecule has 2 fully saturated rings. The van der Waals surface area contributed by atoms with Crippen LogP contribution in [0.3, 0.4) is 0 Å². The minimum Gasteiger partial charge on any atom is -0.428 e. The Labute approximate surface area is 197 Å². The normalized spacial score (nSPS) is 16.4. The highest BCUT2D eigenvalue weighted by molar-refractivity contribution is 6.09. The van der Waals surface area contributed by atoms with Gasteiger partial charge >= 0.3 is 6.09 Å².